The van der Waals surface area contributed by atoms with E-state index in [2.05, 4.69) is 17.2 Å². The van der Waals surface area contributed by atoms with Gasteiger partial charge in [-0.05, 0) is 48.5 Å². The third kappa shape index (κ3) is 4.95. The van der Waals surface area contributed by atoms with Gasteiger partial charge in [-0.3, -0.25) is 9.59 Å². The molecule has 0 saturated carbocycles. The SMILES string of the molecule is CN(C)C(=O)c1ccc(C#CCNC(=O)c2ccc(C#N)cc2)cc1. The van der Waals surface area contributed by atoms with Crippen LogP contribution in [-0.2, 0) is 0 Å². The molecular weight excluding hydrogens is 314 g/mol. The summed E-state index contributed by atoms with van der Waals surface area (Å²) in [5, 5.41) is 11.4. The highest BCUT2D eigenvalue weighted by molar-refractivity contribution is 5.94. The number of hydrogen-bond donors (Lipinski definition) is 1. The third-order valence-electron chi connectivity index (χ3n) is 3.38. The summed E-state index contributed by atoms with van der Waals surface area (Å²) >= 11 is 0. The Kier molecular flexibility index (Phi) is 5.92. The van der Waals surface area contributed by atoms with Crippen molar-refractivity contribution < 1.29 is 9.59 Å². The number of nitrogens with zero attached hydrogens (tertiary/aromatic N) is 2. The minimum Gasteiger partial charge on any atom is -0.345 e. The summed E-state index contributed by atoms with van der Waals surface area (Å²) in [5.74, 6) is 5.49. The molecular formula is C20H17N3O2. The van der Waals surface area contributed by atoms with Crippen molar-refractivity contribution in [2.24, 2.45) is 0 Å². The Morgan fingerprint density at radius 3 is 2.08 bits per heavy atom. The normalized spacial score (nSPS) is 9.32. The molecule has 124 valence electrons. The van der Waals surface area contributed by atoms with E-state index >= 15 is 0 Å². The van der Waals surface area contributed by atoms with E-state index in [-0.39, 0.29) is 18.4 Å². The van der Waals surface area contributed by atoms with Crippen LogP contribution in [0.2, 0.25) is 0 Å². The minimum atomic E-state index is -0.245. The molecule has 2 amide bonds. The van der Waals surface area contributed by atoms with Crippen LogP contribution in [0.5, 0.6) is 0 Å². The first kappa shape index (κ1) is 17.8. The summed E-state index contributed by atoms with van der Waals surface area (Å²) in [6.45, 7) is 0.206. The molecule has 0 unspecified atom stereocenters. The molecule has 0 heterocycles. The maximum absolute atomic E-state index is 11.9. The van der Waals surface area contributed by atoms with Gasteiger partial charge in [0.2, 0.25) is 0 Å². The average Bonchev–Trinajstić information content (AvgIpc) is 2.65. The maximum Gasteiger partial charge on any atom is 0.253 e. The van der Waals surface area contributed by atoms with Crippen molar-refractivity contribution in [1.82, 2.24) is 10.2 Å². The number of nitriles is 1. The molecule has 0 saturated heterocycles. The molecule has 5 heteroatoms. The summed E-state index contributed by atoms with van der Waals surface area (Å²) in [4.78, 5) is 25.2. The van der Waals surface area contributed by atoms with E-state index in [1.165, 1.54) is 4.90 Å². The second-order valence-electron chi connectivity index (χ2n) is 5.45. The first-order chi connectivity index (χ1) is 12.0. The van der Waals surface area contributed by atoms with Crippen LogP contribution in [0, 0.1) is 23.2 Å². The molecule has 25 heavy (non-hydrogen) atoms. The molecule has 0 spiro atoms. The fourth-order valence-electron chi connectivity index (χ4n) is 2.02. The van der Waals surface area contributed by atoms with Gasteiger partial charge in [0.15, 0.2) is 0 Å². The zero-order valence-corrected chi connectivity index (χ0v) is 14.0. The molecule has 2 aromatic carbocycles. The summed E-state index contributed by atoms with van der Waals surface area (Å²) in [5.41, 5.74) is 2.35. The van der Waals surface area contributed by atoms with Crippen LogP contribution in [0.1, 0.15) is 31.8 Å². The van der Waals surface area contributed by atoms with E-state index in [0.29, 0.717) is 16.7 Å². The van der Waals surface area contributed by atoms with Crippen molar-refractivity contribution in [3.8, 4) is 17.9 Å². The molecule has 0 fully saturated rings. The molecule has 0 bridgehead atoms. The van der Waals surface area contributed by atoms with Crippen LogP contribution in [0.15, 0.2) is 48.5 Å². The topological polar surface area (TPSA) is 73.2 Å². The summed E-state index contributed by atoms with van der Waals surface area (Å²) < 4.78 is 0. The number of hydrogen-bond acceptors (Lipinski definition) is 3. The van der Waals surface area contributed by atoms with Crippen molar-refractivity contribution in [3.63, 3.8) is 0 Å². The highest BCUT2D eigenvalue weighted by Crippen LogP contribution is 2.05. The predicted molar refractivity (Wildman–Crippen MR) is 94.8 cm³/mol. The van der Waals surface area contributed by atoms with Crippen molar-refractivity contribution in [1.29, 1.82) is 5.26 Å². The lowest BCUT2D eigenvalue weighted by Gasteiger charge is -2.09. The zero-order valence-electron chi connectivity index (χ0n) is 14.0. The molecule has 0 aromatic heterocycles. The van der Waals surface area contributed by atoms with Crippen molar-refractivity contribution in [2.45, 2.75) is 0 Å². The van der Waals surface area contributed by atoms with Crippen LogP contribution < -0.4 is 5.32 Å². The molecule has 0 atom stereocenters. The second-order valence-corrected chi connectivity index (χ2v) is 5.45. The predicted octanol–water partition coefficient (Wildman–Crippen LogP) is 2.04. The van der Waals surface area contributed by atoms with E-state index < -0.39 is 0 Å². The van der Waals surface area contributed by atoms with E-state index in [1.807, 2.05) is 6.07 Å². The quantitative estimate of drug-likeness (QED) is 0.875. The Hall–Kier alpha value is -3.57. The van der Waals surface area contributed by atoms with Crippen molar-refractivity contribution >= 4 is 11.8 Å². The monoisotopic (exact) mass is 331 g/mol. The van der Waals surface area contributed by atoms with Crippen molar-refractivity contribution in [2.75, 3.05) is 20.6 Å². The summed E-state index contributed by atoms with van der Waals surface area (Å²) in [7, 11) is 3.40. The van der Waals surface area contributed by atoms with Gasteiger partial charge in [-0.1, -0.05) is 11.8 Å². The fraction of sp³-hybridized carbons (Fsp3) is 0.150. The Morgan fingerprint density at radius 1 is 0.960 bits per heavy atom. The van der Waals surface area contributed by atoms with Crippen molar-refractivity contribution in [3.05, 3.63) is 70.8 Å². The average molecular weight is 331 g/mol. The number of carbonyl (C=O) groups excluding carboxylic acids is 2. The Labute approximate surface area is 146 Å². The van der Waals surface area contributed by atoms with Gasteiger partial charge in [-0.25, -0.2) is 0 Å². The van der Waals surface area contributed by atoms with E-state index in [9.17, 15) is 9.59 Å². The summed E-state index contributed by atoms with van der Waals surface area (Å²) in [6.07, 6.45) is 0. The Balaban J connectivity index is 1.90. The third-order valence-corrected chi connectivity index (χ3v) is 3.38. The van der Waals surface area contributed by atoms with Gasteiger partial charge in [0.1, 0.15) is 0 Å². The van der Waals surface area contributed by atoms with Gasteiger partial charge in [0, 0.05) is 30.8 Å². The highest BCUT2D eigenvalue weighted by Gasteiger charge is 2.06. The van der Waals surface area contributed by atoms with Gasteiger partial charge < -0.3 is 10.2 Å². The molecule has 5 nitrogen and oxygen atoms in total. The first-order valence-corrected chi connectivity index (χ1v) is 7.60. The standard InChI is InChI=1S/C20H17N3O2/c1-23(2)20(25)18-11-5-15(6-12-18)4-3-13-22-19(24)17-9-7-16(14-21)8-10-17/h5-12H,13H2,1-2H3,(H,22,24). The van der Waals surface area contributed by atoms with E-state index in [4.69, 9.17) is 5.26 Å². The number of amides is 2. The summed E-state index contributed by atoms with van der Waals surface area (Å²) in [6, 6.07) is 15.4. The largest absolute Gasteiger partial charge is 0.345 e. The van der Waals surface area contributed by atoms with E-state index in [0.717, 1.165) is 5.56 Å². The number of rotatable bonds is 3. The fourth-order valence-corrected chi connectivity index (χ4v) is 2.02. The smallest absolute Gasteiger partial charge is 0.253 e. The molecule has 2 aromatic rings. The van der Waals surface area contributed by atoms with Crippen LogP contribution >= 0.6 is 0 Å². The van der Waals surface area contributed by atoms with Gasteiger partial charge in [-0.2, -0.15) is 5.26 Å². The van der Waals surface area contributed by atoms with E-state index in [1.54, 1.807) is 62.6 Å². The Morgan fingerprint density at radius 2 is 1.52 bits per heavy atom. The molecule has 1 N–H and O–H groups in total. The van der Waals surface area contributed by atoms with Gasteiger partial charge in [0.25, 0.3) is 11.8 Å². The molecule has 0 aliphatic carbocycles. The van der Waals surface area contributed by atoms with Crippen LogP contribution in [-0.4, -0.2) is 37.4 Å². The molecule has 0 aliphatic heterocycles. The lowest BCUT2D eigenvalue weighted by molar-refractivity contribution is 0.0827. The molecule has 0 radical (unpaired) electrons. The number of benzene rings is 2. The van der Waals surface area contributed by atoms with Gasteiger partial charge >= 0.3 is 0 Å². The van der Waals surface area contributed by atoms with Crippen LogP contribution in [0.3, 0.4) is 0 Å². The minimum absolute atomic E-state index is 0.0609. The number of nitrogens with one attached hydrogen (secondary N) is 1. The van der Waals surface area contributed by atoms with Crippen LogP contribution in [0.25, 0.3) is 0 Å². The second kappa shape index (κ2) is 8.33. The Bertz CT molecular complexity index is 864. The lowest BCUT2D eigenvalue weighted by Crippen LogP contribution is -2.23. The molecule has 2 rings (SSSR count). The highest BCUT2D eigenvalue weighted by atomic mass is 16.2. The maximum atomic E-state index is 11.9. The molecule has 0 aliphatic rings. The van der Waals surface area contributed by atoms with Crippen LogP contribution in [0.4, 0.5) is 0 Å². The van der Waals surface area contributed by atoms with Gasteiger partial charge in [-0.15, -0.1) is 0 Å². The van der Waals surface area contributed by atoms with Gasteiger partial charge in [0.05, 0.1) is 18.2 Å². The first-order valence-electron chi connectivity index (χ1n) is 7.60. The lowest BCUT2D eigenvalue weighted by atomic mass is 10.1. The number of carbonyl (C=O) groups is 2. The zero-order chi connectivity index (χ0) is 18.2.